The molecule has 3 N–H and O–H groups in total. The zero-order chi connectivity index (χ0) is 27.6. The standard InChI is InChI=1S/C27H30ClN7O4/c1-39-27(38)31-22-11-9-21(10-12-22)30-26(37)23(15-18-5-3-2-4-6-18)32-25(36)14-7-19-16-20(28)8-13-24(19)35-17-29-33-34-35/h2-8,13-14,16-17,21-23H,9-12,15H2,1H3,(H,30,37)(H,31,38)(H,32,36)/t21?,22?,23-/m0/s1. The summed E-state index contributed by atoms with van der Waals surface area (Å²) in [6, 6.07) is 13.8. The van der Waals surface area contributed by atoms with Gasteiger partial charge in [0.25, 0.3) is 0 Å². The Hall–Kier alpha value is -4.25. The van der Waals surface area contributed by atoms with E-state index in [0.29, 0.717) is 35.5 Å². The van der Waals surface area contributed by atoms with Crippen molar-refractivity contribution in [2.45, 2.75) is 50.2 Å². The fraction of sp³-hybridized carbons (Fsp3) is 0.333. The van der Waals surface area contributed by atoms with E-state index >= 15 is 0 Å². The number of tetrazole rings is 1. The molecule has 0 bridgehead atoms. The van der Waals surface area contributed by atoms with Crippen molar-refractivity contribution in [3.63, 3.8) is 0 Å². The Kier molecular flexibility index (Phi) is 9.63. The van der Waals surface area contributed by atoms with Crippen LogP contribution < -0.4 is 16.0 Å². The molecule has 0 spiro atoms. The van der Waals surface area contributed by atoms with Crippen molar-refractivity contribution in [2.75, 3.05) is 7.11 Å². The fourth-order valence-corrected chi connectivity index (χ4v) is 4.67. The van der Waals surface area contributed by atoms with Crippen molar-refractivity contribution < 1.29 is 19.1 Å². The first-order valence-electron chi connectivity index (χ1n) is 12.6. The van der Waals surface area contributed by atoms with Crippen molar-refractivity contribution in [1.29, 1.82) is 0 Å². The number of carbonyl (C=O) groups is 3. The van der Waals surface area contributed by atoms with E-state index in [1.807, 2.05) is 30.3 Å². The Morgan fingerprint density at radius 2 is 1.79 bits per heavy atom. The second kappa shape index (κ2) is 13.5. The van der Waals surface area contributed by atoms with Crippen LogP contribution in [0.1, 0.15) is 36.8 Å². The maximum absolute atomic E-state index is 13.3. The lowest BCUT2D eigenvalue weighted by Gasteiger charge is -2.30. The predicted octanol–water partition coefficient (Wildman–Crippen LogP) is 2.84. The van der Waals surface area contributed by atoms with Crippen molar-refractivity contribution in [2.24, 2.45) is 0 Å². The molecule has 39 heavy (non-hydrogen) atoms. The van der Waals surface area contributed by atoms with Crippen LogP contribution in [0.25, 0.3) is 11.8 Å². The zero-order valence-electron chi connectivity index (χ0n) is 21.4. The number of halogens is 1. The van der Waals surface area contributed by atoms with Crippen molar-refractivity contribution in [3.8, 4) is 5.69 Å². The fourth-order valence-electron chi connectivity index (χ4n) is 4.49. The topological polar surface area (TPSA) is 140 Å². The molecule has 2 aromatic carbocycles. The highest BCUT2D eigenvalue weighted by atomic mass is 35.5. The van der Waals surface area contributed by atoms with Gasteiger partial charge in [-0.25, -0.2) is 4.79 Å². The van der Waals surface area contributed by atoms with E-state index in [2.05, 4.69) is 36.2 Å². The van der Waals surface area contributed by atoms with E-state index in [4.69, 9.17) is 11.6 Å². The molecular weight excluding hydrogens is 522 g/mol. The molecule has 1 aromatic heterocycles. The summed E-state index contributed by atoms with van der Waals surface area (Å²) in [5.41, 5.74) is 2.19. The van der Waals surface area contributed by atoms with Crippen LogP contribution in [0.3, 0.4) is 0 Å². The average molecular weight is 552 g/mol. The summed E-state index contributed by atoms with van der Waals surface area (Å²) in [6.45, 7) is 0. The molecule has 1 fully saturated rings. The molecule has 1 saturated carbocycles. The van der Waals surface area contributed by atoms with E-state index in [9.17, 15) is 14.4 Å². The lowest BCUT2D eigenvalue weighted by atomic mass is 9.91. The van der Waals surface area contributed by atoms with Crippen LogP contribution in [0.2, 0.25) is 5.02 Å². The molecular formula is C27H30ClN7O4. The molecule has 4 rings (SSSR count). The minimum Gasteiger partial charge on any atom is -0.453 e. The van der Waals surface area contributed by atoms with Gasteiger partial charge in [0.05, 0.1) is 12.8 Å². The zero-order valence-corrected chi connectivity index (χ0v) is 22.2. The highest BCUT2D eigenvalue weighted by Crippen LogP contribution is 2.21. The summed E-state index contributed by atoms with van der Waals surface area (Å²) >= 11 is 6.17. The van der Waals surface area contributed by atoms with Gasteiger partial charge in [-0.3, -0.25) is 9.59 Å². The van der Waals surface area contributed by atoms with E-state index in [0.717, 1.165) is 18.4 Å². The molecule has 1 atom stereocenters. The number of benzene rings is 2. The van der Waals surface area contributed by atoms with Crippen LogP contribution in [0, 0.1) is 0 Å². The first kappa shape index (κ1) is 27.8. The van der Waals surface area contributed by atoms with Crippen LogP contribution in [0.15, 0.2) is 60.9 Å². The number of alkyl carbamates (subject to hydrolysis) is 1. The molecule has 0 saturated heterocycles. The third-order valence-electron chi connectivity index (χ3n) is 6.50. The number of ether oxygens (including phenoxy) is 1. The minimum absolute atomic E-state index is 0.0141. The summed E-state index contributed by atoms with van der Waals surface area (Å²) in [7, 11) is 1.33. The molecule has 1 aliphatic carbocycles. The molecule has 3 amide bonds. The largest absolute Gasteiger partial charge is 0.453 e. The maximum Gasteiger partial charge on any atom is 0.407 e. The monoisotopic (exact) mass is 551 g/mol. The Morgan fingerprint density at radius 1 is 1.08 bits per heavy atom. The smallest absolute Gasteiger partial charge is 0.407 e. The molecule has 204 valence electrons. The van der Waals surface area contributed by atoms with Gasteiger partial charge in [-0.05, 0) is 65.9 Å². The van der Waals surface area contributed by atoms with Crippen molar-refractivity contribution in [1.82, 2.24) is 36.2 Å². The van der Waals surface area contributed by atoms with Crippen LogP contribution >= 0.6 is 11.6 Å². The van der Waals surface area contributed by atoms with Gasteiger partial charge in [0.1, 0.15) is 12.4 Å². The molecule has 12 heteroatoms. The molecule has 1 heterocycles. The number of amides is 3. The third-order valence-corrected chi connectivity index (χ3v) is 6.73. The molecule has 0 unspecified atom stereocenters. The summed E-state index contributed by atoms with van der Waals surface area (Å²) < 4.78 is 6.13. The maximum atomic E-state index is 13.3. The van der Waals surface area contributed by atoms with Gasteiger partial charge in [0, 0.05) is 35.2 Å². The van der Waals surface area contributed by atoms with Crippen molar-refractivity contribution in [3.05, 3.63) is 77.1 Å². The Bertz CT molecular complexity index is 1290. The second-order valence-electron chi connectivity index (χ2n) is 9.23. The van der Waals surface area contributed by atoms with Gasteiger partial charge in [-0.1, -0.05) is 41.9 Å². The third kappa shape index (κ3) is 8.11. The number of methoxy groups -OCH3 is 1. The summed E-state index contributed by atoms with van der Waals surface area (Å²) in [5.74, 6) is -0.693. The van der Waals surface area contributed by atoms with Crippen LogP contribution in [-0.4, -0.2) is 63.4 Å². The average Bonchev–Trinajstić information content (AvgIpc) is 3.48. The van der Waals surface area contributed by atoms with E-state index < -0.39 is 18.0 Å². The van der Waals surface area contributed by atoms with E-state index in [1.165, 1.54) is 24.2 Å². The van der Waals surface area contributed by atoms with Gasteiger partial charge in [-0.2, -0.15) is 4.68 Å². The first-order chi connectivity index (χ1) is 18.9. The normalized spacial score (nSPS) is 17.8. The number of hydrogen-bond acceptors (Lipinski definition) is 7. The number of nitrogens with zero attached hydrogens (tertiary/aromatic N) is 4. The Balaban J connectivity index is 1.42. The van der Waals surface area contributed by atoms with Gasteiger partial charge in [0.2, 0.25) is 11.8 Å². The van der Waals surface area contributed by atoms with E-state index in [1.54, 1.807) is 24.3 Å². The predicted molar refractivity (Wildman–Crippen MR) is 145 cm³/mol. The highest BCUT2D eigenvalue weighted by molar-refractivity contribution is 6.30. The molecule has 3 aromatic rings. The van der Waals surface area contributed by atoms with Crippen LogP contribution in [0.4, 0.5) is 4.79 Å². The highest BCUT2D eigenvalue weighted by Gasteiger charge is 2.27. The number of rotatable bonds is 9. The summed E-state index contributed by atoms with van der Waals surface area (Å²) in [4.78, 5) is 37.7. The Morgan fingerprint density at radius 3 is 2.46 bits per heavy atom. The van der Waals surface area contributed by atoms with E-state index in [-0.39, 0.29) is 18.0 Å². The molecule has 0 aliphatic heterocycles. The molecule has 0 radical (unpaired) electrons. The Labute approximate surface area is 230 Å². The van der Waals surface area contributed by atoms with Gasteiger partial charge >= 0.3 is 6.09 Å². The lowest BCUT2D eigenvalue weighted by molar-refractivity contribution is -0.127. The first-order valence-corrected chi connectivity index (χ1v) is 13.0. The van der Waals surface area contributed by atoms with Gasteiger partial charge < -0.3 is 20.7 Å². The van der Waals surface area contributed by atoms with Gasteiger partial charge in [-0.15, -0.1) is 5.10 Å². The number of hydrogen-bond donors (Lipinski definition) is 3. The van der Waals surface area contributed by atoms with Crippen LogP contribution in [-0.2, 0) is 20.7 Å². The minimum atomic E-state index is -0.784. The van der Waals surface area contributed by atoms with Crippen molar-refractivity contribution >= 4 is 35.6 Å². The lowest BCUT2D eigenvalue weighted by Crippen LogP contribution is -2.52. The van der Waals surface area contributed by atoms with Crippen LogP contribution in [0.5, 0.6) is 0 Å². The quantitative estimate of drug-likeness (QED) is 0.347. The summed E-state index contributed by atoms with van der Waals surface area (Å²) in [6.07, 6.45) is 7.15. The number of aromatic nitrogens is 4. The molecule has 11 nitrogen and oxygen atoms in total. The summed E-state index contributed by atoms with van der Waals surface area (Å²) in [5, 5.41) is 20.4. The van der Waals surface area contributed by atoms with Gasteiger partial charge in [0.15, 0.2) is 0 Å². The SMILES string of the molecule is COC(=O)NC1CCC(NC(=O)[C@H](Cc2ccccc2)NC(=O)C=Cc2cc(Cl)ccc2-n2cnnn2)CC1. The number of carbonyl (C=O) groups excluding carboxylic acids is 3. The molecule has 1 aliphatic rings. The second-order valence-corrected chi connectivity index (χ2v) is 9.67. The number of nitrogens with one attached hydrogen (secondary N) is 3.